The number of rotatable bonds is 5. The third kappa shape index (κ3) is 3.26. The highest BCUT2D eigenvalue weighted by molar-refractivity contribution is 7.89. The minimum absolute atomic E-state index is 0.136. The molecule has 2 rings (SSSR count). The van der Waals surface area contributed by atoms with Gasteiger partial charge in [0, 0.05) is 19.7 Å². The molecule has 0 bridgehead atoms. The van der Waals surface area contributed by atoms with Crippen LogP contribution in [0.3, 0.4) is 0 Å². The molecule has 0 fully saturated rings. The van der Waals surface area contributed by atoms with Crippen LogP contribution in [0.15, 0.2) is 39.9 Å². The number of nitro groups is 1. The second-order valence-electron chi connectivity index (χ2n) is 4.26. The third-order valence-corrected chi connectivity index (χ3v) is 5.34. The minimum atomic E-state index is -3.92. The van der Waals surface area contributed by atoms with Gasteiger partial charge in [-0.25, -0.2) is 8.42 Å². The molecule has 2 aromatic rings. The fourth-order valence-electron chi connectivity index (χ4n) is 1.70. The fraction of sp³-hybridized carbons (Fsp3) is 0.167. The molecule has 1 aromatic carbocycles. The van der Waals surface area contributed by atoms with Crippen LogP contribution in [0.5, 0.6) is 0 Å². The van der Waals surface area contributed by atoms with E-state index in [9.17, 15) is 22.9 Å². The lowest BCUT2D eigenvalue weighted by Crippen LogP contribution is -2.26. The molecule has 0 aliphatic carbocycles. The molecular weight excluding hydrogens is 319 g/mol. The maximum absolute atomic E-state index is 13.3. The Balaban J connectivity index is 2.35. The molecule has 0 saturated carbocycles. The van der Waals surface area contributed by atoms with E-state index in [0.29, 0.717) is 0 Å². The van der Waals surface area contributed by atoms with E-state index in [2.05, 4.69) is 0 Å². The van der Waals surface area contributed by atoms with Crippen molar-refractivity contribution in [3.05, 3.63) is 56.5 Å². The minimum Gasteiger partial charge on any atom is -0.258 e. The van der Waals surface area contributed by atoms with E-state index in [1.807, 2.05) is 5.38 Å². The Hall–Kier alpha value is -1.84. The molecule has 0 saturated heterocycles. The van der Waals surface area contributed by atoms with Crippen LogP contribution in [-0.2, 0) is 16.6 Å². The third-order valence-electron chi connectivity index (χ3n) is 2.81. The number of hydrogen-bond acceptors (Lipinski definition) is 5. The van der Waals surface area contributed by atoms with Crippen LogP contribution in [0.2, 0.25) is 0 Å². The molecule has 112 valence electrons. The van der Waals surface area contributed by atoms with Gasteiger partial charge in [0.05, 0.1) is 9.82 Å². The average Bonchev–Trinajstić information content (AvgIpc) is 2.91. The van der Waals surface area contributed by atoms with Crippen molar-refractivity contribution in [2.24, 2.45) is 0 Å². The van der Waals surface area contributed by atoms with Crippen molar-refractivity contribution < 1.29 is 17.7 Å². The summed E-state index contributed by atoms with van der Waals surface area (Å²) in [6.07, 6.45) is 0. The number of nitro benzene ring substituents is 1. The van der Waals surface area contributed by atoms with Crippen molar-refractivity contribution in [1.82, 2.24) is 4.31 Å². The van der Waals surface area contributed by atoms with E-state index < -0.39 is 26.5 Å². The molecule has 0 N–H and O–H groups in total. The Labute approximate surface area is 124 Å². The molecule has 0 radical (unpaired) electrons. The summed E-state index contributed by atoms with van der Waals surface area (Å²) in [6, 6.07) is 4.31. The quantitative estimate of drug-likeness (QED) is 0.623. The molecule has 9 heteroatoms. The molecule has 1 heterocycles. The summed E-state index contributed by atoms with van der Waals surface area (Å²) >= 11 is 1.44. The van der Waals surface area contributed by atoms with E-state index in [4.69, 9.17) is 0 Å². The summed E-state index contributed by atoms with van der Waals surface area (Å²) in [5.74, 6) is -1.07. The van der Waals surface area contributed by atoms with Crippen LogP contribution in [-0.4, -0.2) is 24.7 Å². The molecule has 21 heavy (non-hydrogen) atoms. The van der Waals surface area contributed by atoms with Gasteiger partial charge in [0.1, 0.15) is 0 Å². The van der Waals surface area contributed by atoms with Gasteiger partial charge in [-0.2, -0.15) is 20.0 Å². The van der Waals surface area contributed by atoms with Crippen molar-refractivity contribution in [2.75, 3.05) is 7.05 Å². The van der Waals surface area contributed by atoms with Crippen LogP contribution in [0.4, 0.5) is 10.1 Å². The Morgan fingerprint density at radius 3 is 2.67 bits per heavy atom. The highest BCUT2D eigenvalue weighted by Gasteiger charge is 2.25. The van der Waals surface area contributed by atoms with E-state index >= 15 is 0 Å². The first-order chi connectivity index (χ1) is 9.82. The summed E-state index contributed by atoms with van der Waals surface area (Å²) in [6.45, 7) is 0.136. The molecule has 0 unspecified atom stereocenters. The lowest BCUT2D eigenvalue weighted by molar-refractivity contribution is -0.387. The Bertz CT molecular complexity index is 760. The highest BCUT2D eigenvalue weighted by Crippen LogP contribution is 2.24. The molecule has 0 atom stereocenters. The second-order valence-corrected chi connectivity index (χ2v) is 7.09. The maximum Gasteiger partial charge on any atom is 0.306 e. The lowest BCUT2D eigenvalue weighted by atomic mass is 10.3. The largest absolute Gasteiger partial charge is 0.306 e. The summed E-state index contributed by atoms with van der Waals surface area (Å²) in [7, 11) is -2.56. The predicted molar refractivity (Wildman–Crippen MR) is 76.0 cm³/mol. The molecule has 1 aromatic heterocycles. The van der Waals surface area contributed by atoms with Crippen LogP contribution >= 0.6 is 11.3 Å². The molecule has 0 amide bonds. The summed E-state index contributed by atoms with van der Waals surface area (Å²) in [5, 5.41) is 14.3. The van der Waals surface area contributed by atoms with Gasteiger partial charge in [-0.3, -0.25) is 10.1 Å². The number of nitrogens with zero attached hydrogens (tertiary/aromatic N) is 2. The van der Waals surface area contributed by atoms with E-state index in [0.717, 1.165) is 28.1 Å². The zero-order valence-electron chi connectivity index (χ0n) is 10.9. The molecule has 0 spiro atoms. The van der Waals surface area contributed by atoms with Gasteiger partial charge in [-0.15, -0.1) is 0 Å². The van der Waals surface area contributed by atoms with Gasteiger partial charge in [-0.05, 0) is 34.5 Å². The van der Waals surface area contributed by atoms with Crippen LogP contribution < -0.4 is 0 Å². The van der Waals surface area contributed by atoms with Gasteiger partial charge in [0.2, 0.25) is 15.8 Å². The standard InChI is InChI=1S/C12H11FN2O4S2/c1-14(7-9-4-5-20-8-9)21(18,19)10-2-3-11(13)12(6-10)15(16)17/h2-6,8H,7H2,1H3. The highest BCUT2D eigenvalue weighted by atomic mass is 32.2. The Morgan fingerprint density at radius 2 is 2.10 bits per heavy atom. The van der Waals surface area contributed by atoms with Gasteiger partial charge >= 0.3 is 5.69 Å². The van der Waals surface area contributed by atoms with Gasteiger partial charge in [0.15, 0.2) is 0 Å². The van der Waals surface area contributed by atoms with Crippen molar-refractivity contribution >= 4 is 27.0 Å². The lowest BCUT2D eigenvalue weighted by Gasteiger charge is -2.16. The Morgan fingerprint density at radius 1 is 1.38 bits per heavy atom. The van der Waals surface area contributed by atoms with Gasteiger partial charge < -0.3 is 0 Å². The number of halogens is 1. The monoisotopic (exact) mass is 330 g/mol. The van der Waals surface area contributed by atoms with E-state index in [-0.39, 0.29) is 11.4 Å². The molecule has 0 aliphatic rings. The first-order valence-electron chi connectivity index (χ1n) is 5.73. The first-order valence-corrected chi connectivity index (χ1v) is 8.12. The normalized spacial score (nSPS) is 11.8. The van der Waals surface area contributed by atoms with Crippen LogP contribution in [0, 0.1) is 15.9 Å². The number of hydrogen-bond donors (Lipinski definition) is 0. The number of sulfonamides is 1. The van der Waals surface area contributed by atoms with Crippen LogP contribution in [0.25, 0.3) is 0 Å². The zero-order chi connectivity index (χ0) is 15.6. The predicted octanol–water partition coefficient (Wildman–Crippen LogP) is 2.62. The van der Waals surface area contributed by atoms with Gasteiger partial charge in [-0.1, -0.05) is 0 Å². The Kier molecular flexibility index (Phi) is 4.35. The summed E-state index contributed by atoms with van der Waals surface area (Å²) in [5.41, 5.74) is -0.0531. The van der Waals surface area contributed by atoms with E-state index in [1.54, 1.807) is 11.4 Å². The molecular formula is C12H11FN2O4S2. The molecule has 6 nitrogen and oxygen atoms in total. The van der Waals surface area contributed by atoms with Crippen molar-refractivity contribution in [3.8, 4) is 0 Å². The van der Waals surface area contributed by atoms with E-state index in [1.165, 1.54) is 18.4 Å². The SMILES string of the molecule is CN(Cc1ccsc1)S(=O)(=O)c1ccc(F)c([N+](=O)[O-])c1. The average molecular weight is 330 g/mol. The summed E-state index contributed by atoms with van der Waals surface area (Å²) < 4.78 is 39.0. The second kappa shape index (κ2) is 5.88. The first kappa shape index (κ1) is 15.5. The number of thiophene rings is 1. The maximum atomic E-state index is 13.3. The molecule has 0 aliphatic heterocycles. The van der Waals surface area contributed by atoms with Crippen molar-refractivity contribution in [1.29, 1.82) is 0 Å². The van der Waals surface area contributed by atoms with Crippen LogP contribution in [0.1, 0.15) is 5.56 Å². The van der Waals surface area contributed by atoms with Crippen molar-refractivity contribution in [2.45, 2.75) is 11.4 Å². The smallest absolute Gasteiger partial charge is 0.258 e. The van der Waals surface area contributed by atoms with Gasteiger partial charge in [0.25, 0.3) is 0 Å². The number of benzene rings is 1. The zero-order valence-corrected chi connectivity index (χ0v) is 12.5. The fourth-order valence-corrected chi connectivity index (χ4v) is 3.54. The summed E-state index contributed by atoms with van der Waals surface area (Å²) in [4.78, 5) is 9.42. The topological polar surface area (TPSA) is 80.5 Å². The van der Waals surface area contributed by atoms with Crippen molar-refractivity contribution in [3.63, 3.8) is 0 Å².